The molecule has 0 aliphatic carbocycles. The lowest BCUT2D eigenvalue weighted by molar-refractivity contribution is -0.870. The molecule has 8 nitrogen and oxygen atoms in total. The van der Waals surface area contributed by atoms with Gasteiger partial charge in [0, 0.05) is 6.42 Å². The smallest absolute Gasteiger partial charge is 0.391 e. The van der Waals surface area contributed by atoms with E-state index in [0.29, 0.717) is 23.9 Å². The zero-order valence-electron chi connectivity index (χ0n) is 47.2. The van der Waals surface area contributed by atoms with Gasteiger partial charge in [0.15, 0.2) is 0 Å². The third-order valence-electron chi connectivity index (χ3n) is 13.2. The third-order valence-corrected chi connectivity index (χ3v) is 14.2. The quantitative estimate of drug-likeness (QED) is 0.0243. The maximum absolute atomic E-state index is 13.0. The number of quaternary nitrogens is 1. The molecule has 0 saturated carbocycles. The van der Waals surface area contributed by atoms with Crippen molar-refractivity contribution < 1.29 is 32.9 Å². The number of nitrogens with zero attached hydrogens (tertiary/aromatic N) is 1. The number of allylic oxidation sites excluding steroid dienone is 12. The average Bonchev–Trinajstić information content (AvgIpc) is 3.33. The Morgan fingerprint density at radius 1 is 0.493 bits per heavy atom. The Bertz CT molecular complexity index is 1380. The molecule has 0 aromatic rings. The van der Waals surface area contributed by atoms with Gasteiger partial charge in [-0.05, 0) is 64.2 Å². The van der Waals surface area contributed by atoms with Crippen LogP contribution < -0.4 is 5.32 Å². The summed E-state index contributed by atoms with van der Waals surface area (Å²) >= 11 is 0. The normalized spacial score (nSPS) is 14.4. The van der Waals surface area contributed by atoms with Crippen LogP contribution in [0, 0.1) is 0 Å². The fourth-order valence-electron chi connectivity index (χ4n) is 8.58. The standard InChI is InChI=1S/C62H115N2O6P/c1-6-8-10-12-14-16-18-20-22-23-24-25-26-27-28-29-30-31-32-33-34-35-36-37-38-39-40-41-42-44-46-48-50-52-54-56-62(66)63-60(59-70-71(67,68)69-58-57-64(3,4)5)61(65)55-53-51-49-47-45-43-21-19-17-15-13-11-9-7-2/h8,10,14,16,20,22,24-25,27-28,30-31,60-61,65H,6-7,9,11-13,15,17-19,21,23,26,29,32-59H2,1-5H3,(H-,63,66,67,68)/p+1/b10-8-,16-14-,22-20-,25-24-,28-27-,31-30-. The van der Waals surface area contributed by atoms with Crippen molar-refractivity contribution >= 4 is 13.7 Å². The number of amides is 1. The van der Waals surface area contributed by atoms with E-state index >= 15 is 0 Å². The molecule has 0 aliphatic rings. The third kappa shape index (κ3) is 55.5. The minimum Gasteiger partial charge on any atom is -0.391 e. The van der Waals surface area contributed by atoms with Crippen LogP contribution in [0.25, 0.3) is 0 Å². The SMILES string of the molecule is CC/C=C\C/C=C\C/C=C\C/C=C\C/C=C\C/C=C\CCCCCCCCCCCCCCCCCCC(=O)NC(COP(=O)(O)OCC[N+](C)(C)C)C(O)CCCCCCCCCCCCCCCC. The Morgan fingerprint density at radius 3 is 1.24 bits per heavy atom. The summed E-state index contributed by atoms with van der Waals surface area (Å²) < 4.78 is 23.8. The van der Waals surface area contributed by atoms with Crippen molar-refractivity contribution in [3.63, 3.8) is 0 Å². The number of nitrogens with one attached hydrogen (secondary N) is 1. The van der Waals surface area contributed by atoms with Crippen molar-refractivity contribution in [3.05, 3.63) is 72.9 Å². The molecule has 3 unspecified atom stereocenters. The molecule has 414 valence electrons. The molecule has 0 aromatic carbocycles. The largest absolute Gasteiger partial charge is 0.472 e. The Morgan fingerprint density at radius 2 is 0.845 bits per heavy atom. The number of phosphoric ester groups is 1. The second-order valence-electron chi connectivity index (χ2n) is 21.3. The molecule has 1 amide bonds. The van der Waals surface area contributed by atoms with E-state index in [9.17, 15) is 19.4 Å². The van der Waals surface area contributed by atoms with E-state index in [4.69, 9.17) is 9.05 Å². The zero-order chi connectivity index (χ0) is 52.0. The molecule has 0 fully saturated rings. The Labute approximate surface area is 440 Å². The lowest BCUT2D eigenvalue weighted by Gasteiger charge is -2.26. The Kier molecular flexibility index (Phi) is 51.3. The first kappa shape index (κ1) is 68.9. The fourth-order valence-corrected chi connectivity index (χ4v) is 9.32. The first-order chi connectivity index (χ1) is 34.5. The van der Waals surface area contributed by atoms with E-state index in [-0.39, 0.29) is 19.1 Å². The number of carbonyl (C=O) groups excluding carboxylic acids is 1. The molecular formula is C62H116N2O6P+. The molecule has 0 bridgehead atoms. The van der Waals surface area contributed by atoms with Gasteiger partial charge in [0.2, 0.25) is 5.91 Å². The Balaban J connectivity index is 4.01. The highest BCUT2D eigenvalue weighted by atomic mass is 31.2. The van der Waals surface area contributed by atoms with Crippen LogP contribution in [0.5, 0.6) is 0 Å². The first-order valence-corrected chi connectivity index (χ1v) is 31.3. The van der Waals surface area contributed by atoms with Gasteiger partial charge in [-0.2, -0.15) is 0 Å². The van der Waals surface area contributed by atoms with Crippen LogP contribution in [0.3, 0.4) is 0 Å². The number of hydrogen-bond acceptors (Lipinski definition) is 5. The van der Waals surface area contributed by atoms with E-state index in [1.54, 1.807) is 0 Å². The number of phosphoric acid groups is 1. The van der Waals surface area contributed by atoms with E-state index in [1.807, 2.05) is 21.1 Å². The van der Waals surface area contributed by atoms with Gasteiger partial charge in [0.1, 0.15) is 13.2 Å². The number of rotatable bonds is 54. The topological polar surface area (TPSA) is 105 Å². The number of carbonyl (C=O) groups is 1. The molecule has 71 heavy (non-hydrogen) atoms. The highest BCUT2D eigenvalue weighted by molar-refractivity contribution is 7.47. The number of hydrogen-bond donors (Lipinski definition) is 3. The van der Waals surface area contributed by atoms with Gasteiger partial charge in [0.05, 0.1) is 39.9 Å². The summed E-state index contributed by atoms with van der Waals surface area (Å²) in [6.07, 6.45) is 72.5. The van der Waals surface area contributed by atoms with Crippen LogP contribution in [-0.4, -0.2) is 73.4 Å². The summed E-state index contributed by atoms with van der Waals surface area (Å²) in [5, 5.41) is 14.0. The number of likely N-dealkylation sites (N-methyl/N-ethyl adjacent to an activating group) is 1. The predicted molar refractivity (Wildman–Crippen MR) is 309 cm³/mol. The molecule has 3 atom stereocenters. The van der Waals surface area contributed by atoms with Crippen LogP contribution in [0.1, 0.15) is 264 Å². The summed E-state index contributed by atoms with van der Waals surface area (Å²) in [5.74, 6) is -0.144. The molecular weight excluding hydrogens is 900 g/mol. The fraction of sp³-hybridized carbons (Fsp3) is 0.790. The van der Waals surface area contributed by atoms with Crippen molar-refractivity contribution in [1.82, 2.24) is 5.32 Å². The predicted octanol–water partition coefficient (Wildman–Crippen LogP) is 18.3. The van der Waals surface area contributed by atoms with Crippen molar-refractivity contribution in [2.24, 2.45) is 0 Å². The maximum atomic E-state index is 13.0. The van der Waals surface area contributed by atoms with E-state index in [1.165, 1.54) is 161 Å². The van der Waals surface area contributed by atoms with Gasteiger partial charge in [0.25, 0.3) is 0 Å². The van der Waals surface area contributed by atoms with E-state index in [0.717, 1.165) is 77.0 Å². The van der Waals surface area contributed by atoms with Crippen LogP contribution in [0.15, 0.2) is 72.9 Å². The van der Waals surface area contributed by atoms with Crippen LogP contribution in [0.4, 0.5) is 0 Å². The van der Waals surface area contributed by atoms with Crippen LogP contribution in [-0.2, 0) is 18.4 Å². The lowest BCUT2D eigenvalue weighted by Crippen LogP contribution is -2.46. The summed E-state index contributed by atoms with van der Waals surface area (Å²) in [5.41, 5.74) is 0. The number of aliphatic hydroxyl groups is 1. The maximum Gasteiger partial charge on any atom is 0.472 e. The summed E-state index contributed by atoms with van der Waals surface area (Å²) in [6.45, 7) is 4.79. The molecule has 0 spiro atoms. The molecule has 0 rings (SSSR count). The van der Waals surface area contributed by atoms with Gasteiger partial charge in [-0.25, -0.2) is 4.57 Å². The lowest BCUT2D eigenvalue weighted by atomic mass is 10.0. The molecule has 9 heteroatoms. The molecule has 0 aliphatic heterocycles. The van der Waals surface area contributed by atoms with Gasteiger partial charge in [-0.1, -0.05) is 267 Å². The van der Waals surface area contributed by atoms with Crippen molar-refractivity contribution in [2.45, 2.75) is 276 Å². The molecule has 0 heterocycles. The molecule has 0 aromatic heterocycles. The second kappa shape index (κ2) is 52.8. The summed E-state index contributed by atoms with van der Waals surface area (Å²) in [7, 11) is 1.62. The van der Waals surface area contributed by atoms with Crippen molar-refractivity contribution in [1.29, 1.82) is 0 Å². The van der Waals surface area contributed by atoms with Crippen molar-refractivity contribution in [2.75, 3.05) is 40.9 Å². The Hall–Kier alpha value is -2.06. The van der Waals surface area contributed by atoms with E-state index < -0.39 is 20.0 Å². The summed E-state index contributed by atoms with van der Waals surface area (Å²) in [4.78, 5) is 23.3. The molecule has 0 saturated heterocycles. The van der Waals surface area contributed by atoms with Gasteiger partial charge in [-0.3, -0.25) is 13.8 Å². The molecule has 3 N–H and O–H groups in total. The minimum atomic E-state index is -4.32. The number of unbranched alkanes of at least 4 members (excludes halogenated alkanes) is 29. The molecule has 0 radical (unpaired) electrons. The second-order valence-corrected chi connectivity index (χ2v) is 22.8. The van der Waals surface area contributed by atoms with E-state index in [2.05, 4.69) is 92.1 Å². The number of aliphatic hydroxyl groups excluding tert-OH is 1. The monoisotopic (exact) mass is 1020 g/mol. The van der Waals surface area contributed by atoms with Crippen molar-refractivity contribution in [3.8, 4) is 0 Å². The minimum absolute atomic E-state index is 0.0738. The van der Waals surface area contributed by atoms with Gasteiger partial charge >= 0.3 is 7.82 Å². The van der Waals surface area contributed by atoms with Crippen LogP contribution in [0.2, 0.25) is 0 Å². The highest BCUT2D eigenvalue weighted by Crippen LogP contribution is 2.43. The average molecular weight is 1020 g/mol. The first-order valence-electron chi connectivity index (χ1n) is 29.8. The van der Waals surface area contributed by atoms with Crippen LogP contribution >= 0.6 is 7.82 Å². The summed E-state index contributed by atoms with van der Waals surface area (Å²) in [6, 6.07) is -0.762. The van der Waals surface area contributed by atoms with Gasteiger partial charge < -0.3 is 19.8 Å². The van der Waals surface area contributed by atoms with Gasteiger partial charge in [-0.15, -0.1) is 0 Å². The highest BCUT2D eigenvalue weighted by Gasteiger charge is 2.28. The zero-order valence-corrected chi connectivity index (χ0v) is 48.1.